The maximum atomic E-state index is 11.9. The van der Waals surface area contributed by atoms with Crippen molar-refractivity contribution in [3.05, 3.63) is 29.5 Å². The van der Waals surface area contributed by atoms with Gasteiger partial charge in [-0.05, 0) is 6.07 Å². The molecule has 0 amide bonds. The average molecular weight is 305 g/mol. The highest BCUT2D eigenvalue weighted by Gasteiger charge is 2.17. The molecule has 0 aromatic carbocycles. The normalized spacial score (nSPS) is 11.5. The second-order valence-electron chi connectivity index (χ2n) is 3.32. The first-order valence-electron chi connectivity index (χ1n) is 4.90. The summed E-state index contributed by atoms with van der Waals surface area (Å²) in [6.07, 6.45) is 2.23. The Balaban J connectivity index is 2.17. The zero-order valence-corrected chi connectivity index (χ0v) is 10.9. The summed E-state index contributed by atoms with van der Waals surface area (Å²) in [5.74, 6) is 5.53. The van der Waals surface area contributed by atoms with E-state index in [1.807, 2.05) is 0 Å². The number of pyridine rings is 1. The molecule has 2 rings (SSSR count). The van der Waals surface area contributed by atoms with Crippen molar-refractivity contribution in [2.75, 3.05) is 5.43 Å². The van der Waals surface area contributed by atoms with Crippen molar-refractivity contribution in [2.24, 2.45) is 5.84 Å². The molecule has 2 aromatic rings. The summed E-state index contributed by atoms with van der Waals surface area (Å²) in [5, 5.41) is 3.56. The van der Waals surface area contributed by atoms with E-state index in [1.54, 1.807) is 0 Å². The summed E-state index contributed by atoms with van der Waals surface area (Å²) >= 11 is 5.80. The second-order valence-corrected chi connectivity index (χ2v) is 5.49. The number of anilines is 1. The van der Waals surface area contributed by atoms with Gasteiger partial charge in [-0.25, -0.2) is 24.0 Å². The number of hydrazine groups is 1. The molecule has 2 aromatic heterocycles. The Labute approximate surface area is 113 Å². The van der Waals surface area contributed by atoms with Gasteiger partial charge in [0.25, 0.3) is 0 Å². The average Bonchev–Trinajstić information content (AvgIpc) is 2.89. The van der Waals surface area contributed by atoms with Crippen LogP contribution in [0.5, 0.6) is 0 Å². The lowest BCUT2D eigenvalue weighted by atomic mass is 10.5. The molecule has 0 radical (unpaired) electrons. The number of nitrogens with zero attached hydrogens (tertiary/aromatic N) is 3. The van der Waals surface area contributed by atoms with Gasteiger partial charge in [0, 0.05) is 6.20 Å². The Morgan fingerprint density at radius 1 is 1.42 bits per heavy atom. The molecule has 19 heavy (non-hydrogen) atoms. The monoisotopic (exact) mass is 304 g/mol. The van der Waals surface area contributed by atoms with Crippen molar-refractivity contribution in [3.63, 3.8) is 0 Å². The highest BCUT2D eigenvalue weighted by Crippen LogP contribution is 2.21. The largest absolute Gasteiger partial charge is 0.343 e. The van der Waals surface area contributed by atoms with Crippen molar-refractivity contribution in [2.45, 2.75) is 11.4 Å². The fourth-order valence-corrected chi connectivity index (χ4v) is 2.42. The Kier molecular flexibility index (Phi) is 3.95. The van der Waals surface area contributed by atoms with Crippen LogP contribution in [0.3, 0.4) is 0 Å². The molecule has 0 fully saturated rings. The van der Waals surface area contributed by atoms with Gasteiger partial charge in [-0.1, -0.05) is 16.8 Å². The van der Waals surface area contributed by atoms with E-state index in [0.717, 1.165) is 12.6 Å². The number of rotatable bonds is 5. The molecule has 11 heteroatoms. The maximum Gasteiger partial charge on any atom is 0.242 e. The van der Waals surface area contributed by atoms with Gasteiger partial charge < -0.3 is 9.95 Å². The number of nitrogen functional groups attached to an aromatic ring is 1. The molecule has 0 saturated heterocycles. The minimum atomic E-state index is -3.77. The standard InChI is InChI=1S/C8H9ClN6O3S/c9-6-1-5(2-11-8(6)14-10)19(16,17)13-3-7-12-4-18-15-7/h1-2,4,13H,3,10H2,(H,11,14). The van der Waals surface area contributed by atoms with Gasteiger partial charge in [-0.2, -0.15) is 4.98 Å². The van der Waals surface area contributed by atoms with Crippen LogP contribution in [0.25, 0.3) is 0 Å². The third-order valence-corrected chi connectivity index (χ3v) is 3.75. The van der Waals surface area contributed by atoms with Crippen molar-refractivity contribution in [1.29, 1.82) is 0 Å². The predicted molar refractivity (Wildman–Crippen MR) is 65.4 cm³/mol. The Morgan fingerprint density at radius 3 is 2.79 bits per heavy atom. The number of hydrogen-bond acceptors (Lipinski definition) is 8. The van der Waals surface area contributed by atoms with Crippen LogP contribution in [-0.2, 0) is 16.6 Å². The summed E-state index contributed by atoms with van der Waals surface area (Å²) in [4.78, 5) is 7.36. The van der Waals surface area contributed by atoms with Crippen LogP contribution < -0.4 is 16.0 Å². The third-order valence-electron chi connectivity index (χ3n) is 2.09. The molecule has 0 atom stereocenters. The van der Waals surface area contributed by atoms with Gasteiger partial charge >= 0.3 is 0 Å². The zero-order valence-electron chi connectivity index (χ0n) is 9.37. The fourth-order valence-electron chi connectivity index (χ4n) is 1.19. The van der Waals surface area contributed by atoms with E-state index in [9.17, 15) is 8.42 Å². The summed E-state index contributed by atoms with van der Waals surface area (Å²) < 4.78 is 30.6. The van der Waals surface area contributed by atoms with Gasteiger partial charge in [0.1, 0.15) is 4.90 Å². The van der Waals surface area contributed by atoms with Crippen LogP contribution in [0.2, 0.25) is 5.02 Å². The lowest BCUT2D eigenvalue weighted by Crippen LogP contribution is -2.24. The van der Waals surface area contributed by atoms with Crippen LogP contribution >= 0.6 is 11.6 Å². The number of aromatic nitrogens is 3. The second kappa shape index (κ2) is 5.48. The van der Waals surface area contributed by atoms with Crippen molar-refractivity contribution >= 4 is 27.4 Å². The quantitative estimate of drug-likeness (QED) is 0.514. The van der Waals surface area contributed by atoms with Gasteiger partial charge in [0.2, 0.25) is 16.4 Å². The van der Waals surface area contributed by atoms with Crippen LogP contribution in [0.1, 0.15) is 5.82 Å². The summed E-state index contributed by atoms with van der Waals surface area (Å²) in [7, 11) is -3.77. The molecule has 0 unspecified atom stereocenters. The van der Waals surface area contributed by atoms with E-state index < -0.39 is 10.0 Å². The molecule has 0 spiro atoms. The Hall–Kier alpha value is -1.75. The van der Waals surface area contributed by atoms with Crippen molar-refractivity contribution in [3.8, 4) is 0 Å². The van der Waals surface area contributed by atoms with E-state index in [-0.39, 0.29) is 28.1 Å². The highest BCUT2D eigenvalue weighted by atomic mass is 35.5. The van der Waals surface area contributed by atoms with E-state index in [1.165, 1.54) is 6.07 Å². The smallest absolute Gasteiger partial charge is 0.242 e. The number of halogens is 1. The van der Waals surface area contributed by atoms with Crippen molar-refractivity contribution in [1.82, 2.24) is 19.8 Å². The molecule has 4 N–H and O–H groups in total. The number of nitrogens with one attached hydrogen (secondary N) is 2. The lowest BCUT2D eigenvalue weighted by Gasteiger charge is -2.07. The molecule has 0 aliphatic rings. The van der Waals surface area contributed by atoms with Crippen LogP contribution in [0.15, 0.2) is 28.1 Å². The first kappa shape index (κ1) is 13.7. The molecule has 9 nitrogen and oxygen atoms in total. The Bertz CT molecular complexity index is 659. The van der Waals surface area contributed by atoms with Crippen LogP contribution in [-0.4, -0.2) is 23.5 Å². The van der Waals surface area contributed by atoms with Crippen molar-refractivity contribution < 1.29 is 12.9 Å². The van der Waals surface area contributed by atoms with Crippen LogP contribution in [0.4, 0.5) is 5.82 Å². The fraction of sp³-hybridized carbons (Fsp3) is 0.125. The van der Waals surface area contributed by atoms with E-state index in [0.29, 0.717) is 0 Å². The predicted octanol–water partition coefficient (Wildman–Crippen LogP) is -0.118. The number of nitrogens with two attached hydrogens (primary N) is 1. The molecular weight excluding hydrogens is 296 g/mol. The first-order valence-corrected chi connectivity index (χ1v) is 6.76. The number of sulfonamides is 1. The molecule has 102 valence electrons. The molecular formula is C8H9ClN6O3S. The van der Waals surface area contributed by atoms with Gasteiger partial charge in [-0.15, -0.1) is 0 Å². The van der Waals surface area contributed by atoms with Gasteiger partial charge in [0.15, 0.2) is 11.6 Å². The minimum Gasteiger partial charge on any atom is -0.343 e. The highest BCUT2D eigenvalue weighted by molar-refractivity contribution is 7.89. The molecule has 2 heterocycles. The topological polar surface area (TPSA) is 136 Å². The lowest BCUT2D eigenvalue weighted by molar-refractivity contribution is 0.409. The molecule has 0 aliphatic heterocycles. The van der Waals surface area contributed by atoms with E-state index in [4.69, 9.17) is 17.4 Å². The Morgan fingerprint density at radius 2 is 2.21 bits per heavy atom. The molecule has 0 bridgehead atoms. The maximum absolute atomic E-state index is 11.9. The SMILES string of the molecule is NNc1ncc(S(=O)(=O)NCc2ncon2)cc1Cl. The van der Waals surface area contributed by atoms with Gasteiger partial charge in [-0.3, -0.25) is 0 Å². The summed E-state index contributed by atoms with van der Waals surface area (Å²) in [6, 6.07) is 1.22. The number of hydrogen-bond donors (Lipinski definition) is 3. The zero-order chi connectivity index (χ0) is 13.9. The molecule has 0 saturated carbocycles. The third kappa shape index (κ3) is 3.17. The van der Waals surface area contributed by atoms with Gasteiger partial charge in [0.05, 0.1) is 11.6 Å². The molecule has 0 aliphatic carbocycles. The van der Waals surface area contributed by atoms with Crippen LogP contribution in [0, 0.1) is 0 Å². The summed E-state index contributed by atoms with van der Waals surface area (Å²) in [5.41, 5.74) is 2.24. The first-order chi connectivity index (χ1) is 9.03. The van der Waals surface area contributed by atoms with E-state index in [2.05, 4.69) is 29.8 Å². The van der Waals surface area contributed by atoms with E-state index >= 15 is 0 Å². The minimum absolute atomic E-state index is 0.0879. The summed E-state index contributed by atoms with van der Waals surface area (Å²) in [6.45, 7) is -0.104.